The fourth-order valence-electron chi connectivity index (χ4n) is 2.48. The van der Waals surface area contributed by atoms with Crippen molar-refractivity contribution in [2.45, 2.75) is 23.7 Å². The molecule has 0 aliphatic heterocycles. The molecule has 2 aromatic rings. The number of benzene rings is 2. The lowest BCUT2D eigenvalue weighted by molar-refractivity contribution is -0.177. The Morgan fingerprint density at radius 1 is 1.38 bits per heavy atom. The largest absolute Gasteiger partial charge is 0.478 e. The molecule has 0 aromatic heterocycles. The third-order valence-corrected chi connectivity index (χ3v) is 5.12. The Morgan fingerprint density at radius 3 is 2.77 bits per heavy atom. The lowest BCUT2D eigenvalue weighted by Crippen LogP contribution is -2.00. The minimum atomic E-state index is -0.976. The molecule has 3 rings (SSSR count). The summed E-state index contributed by atoms with van der Waals surface area (Å²) in [7, 11) is 1.37. The van der Waals surface area contributed by atoms with Crippen molar-refractivity contribution in [2.24, 2.45) is 0 Å². The van der Waals surface area contributed by atoms with Crippen LogP contribution in [0.4, 0.5) is 5.69 Å². The Morgan fingerprint density at radius 2 is 2.15 bits per heavy atom. The van der Waals surface area contributed by atoms with Crippen LogP contribution < -0.4 is 9.61 Å². The molecule has 1 aliphatic carbocycles. The van der Waals surface area contributed by atoms with E-state index in [4.69, 9.17) is 26.6 Å². The summed E-state index contributed by atoms with van der Waals surface area (Å²) < 4.78 is 3.11. The van der Waals surface area contributed by atoms with Crippen molar-refractivity contribution in [2.75, 3.05) is 11.8 Å². The van der Waals surface area contributed by atoms with Crippen LogP contribution in [0.15, 0.2) is 35.2 Å². The van der Waals surface area contributed by atoms with Gasteiger partial charge in [0, 0.05) is 11.0 Å². The first-order valence-electron chi connectivity index (χ1n) is 7.78. The van der Waals surface area contributed by atoms with Gasteiger partial charge in [0.05, 0.1) is 28.9 Å². The predicted octanol–water partition coefficient (Wildman–Crippen LogP) is 4.85. The van der Waals surface area contributed by atoms with E-state index in [9.17, 15) is 9.90 Å². The minimum Gasteiger partial charge on any atom is -0.478 e. The zero-order valence-electron chi connectivity index (χ0n) is 13.8. The maximum absolute atomic E-state index is 11.3. The average molecular weight is 391 g/mol. The quantitative estimate of drug-likeness (QED) is 0.396. The molecule has 6 nitrogen and oxygen atoms in total. The van der Waals surface area contributed by atoms with Crippen LogP contribution in [0.5, 0.6) is 5.75 Å². The van der Waals surface area contributed by atoms with Gasteiger partial charge >= 0.3 is 5.97 Å². The molecule has 26 heavy (non-hydrogen) atoms. The molecule has 1 aliphatic rings. The predicted molar refractivity (Wildman–Crippen MR) is 98.7 cm³/mol. The molecule has 2 aromatic carbocycles. The van der Waals surface area contributed by atoms with E-state index in [0.29, 0.717) is 22.9 Å². The van der Waals surface area contributed by atoms with Crippen LogP contribution >= 0.6 is 23.5 Å². The Labute approximate surface area is 159 Å². The van der Waals surface area contributed by atoms with Crippen LogP contribution in [0.25, 0.3) is 0 Å². The second-order valence-corrected chi connectivity index (χ2v) is 6.98. The molecule has 0 atom stereocenters. The van der Waals surface area contributed by atoms with E-state index < -0.39 is 5.97 Å². The standard InChI is InChI=1S/C18H15ClN2O4S/c1-24-25-16-8-14(19)12(9-20)6-15(16)21-26-17-7-11(18(22)23)4-5-13(17)10-2-3-10/h4-8,10,21H,2-3H2,1H3,(H,22,23). The van der Waals surface area contributed by atoms with E-state index in [2.05, 4.69) is 4.72 Å². The van der Waals surface area contributed by atoms with Gasteiger partial charge in [-0.2, -0.15) is 10.1 Å². The molecule has 1 saturated carbocycles. The Bertz CT molecular complexity index is 893. The van der Waals surface area contributed by atoms with E-state index >= 15 is 0 Å². The summed E-state index contributed by atoms with van der Waals surface area (Å²) in [5.41, 5.74) is 2.12. The van der Waals surface area contributed by atoms with E-state index in [1.54, 1.807) is 18.2 Å². The first-order valence-corrected chi connectivity index (χ1v) is 8.97. The molecular formula is C18H15ClN2O4S. The van der Waals surface area contributed by atoms with Crippen molar-refractivity contribution < 1.29 is 19.7 Å². The third-order valence-electron chi connectivity index (χ3n) is 3.91. The van der Waals surface area contributed by atoms with Gasteiger partial charge in [0.1, 0.15) is 6.07 Å². The molecule has 8 heteroatoms. The number of hydrogen-bond acceptors (Lipinski definition) is 6. The molecular weight excluding hydrogens is 376 g/mol. The normalized spacial score (nSPS) is 13.1. The zero-order valence-corrected chi connectivity index (χ0v) is 15.4. The molecule has 0 radical (unpaired) electrons. The van der Waals surface area contributed by atoms with Crippen molar-refractivity contribution in [1.82, 2.24) is 0 Å². The topological polar surface area (TPSA) is 91.6 Å². The SMILES string of the molecule is COOc1cc(Cl)c(C#N)cc1NSc1cc(C(=O)O)ccc1C1CC1. The Balaban J connectivity index is 1.90. The number of carbonyl (C=O) groups is 1. The van der Waals surface area contributed by atoms with Gasteiger partial charge < -0.3 is 14.7 Å². The zero-order chi connectivity index (χ0) is 18.7. The molecule has 0 amide bonds. The highest BCUT2D eigenvalue weighted by Crippen LogP contribution is 2.45. The van der Waals surface area contributed by atoms with E-state index in [1.807, 2.05) is 12.1 Å². The maximum Gasteiger partial charge on any atom is 0.335 e. The minimum absolute atomic E-state index is 0.223. The number of carboxylic acid groups (broad SMARTS) is 1. The average Bonchev–Trinajstić information content (AvgIpc) is 3.46. The third kappa shape index (κ3) is 4.05. The second kappa shape index (κ2) is 7.87. The van der Waals surface area contributed by atoms with Gasteiger partial charge in [-0.15, -0.1) is 0 Å². The van der Waals surface area contributed by atoms with Crippen molar-refractivity contribution in [3.8, 4) is 11.8 Å². The van der Waals surface area contributed by atoms with Gasteiger partial charge in [-0.05, 0) is 54.5 Å². The van der Waals surface area contributed by atoms with Crippen molar-refractivity contribution in [3.05, 3.63) is 52.0 Å². The summed E-state index contributed by atoms with van der Waals surface area (Å²) in [6.45, 7) is 0. The van der Waals surface area contributed by atoms with E-state index in [1.165, 1.54) is 25.1 Å². The van der Waals surface area contributed by atoms with Gasteiger partial charge in [0.2, 0.25) is 0 Å². The summed E-state index contributed by atoms with van der Waals surface area (Å²) in [5, 5.41) is 18.7. The molecule has 0 unspecified atom stereocenters. The molecule has 134 valence electrons. The van der Waals surface area contributed by atoms with Crippen molar-refractivity contribution in [3.63, 3.8) is 0 Å². The molecule has 0 heterocycles. The molecule has 0 saturated heterocycles. The number of nitriles is 1. The van der Waals surface area contributed by atoms with Crippen LogP contribution in [0, 0.1) is 11.3 Å². The number of carboxylic acids is 1. The van der Waals surface area contributed by atoms with Gasteiger partial charge in [0.25, 0.3) is 0 Å². The highest BCUT2D eigenvalue weighted by molar-refractivity contribution is 8.00. The smallest absolute Gasteiger partial charge is 0.335 e. The molecule has 0 spiro atoms. The number of halogens is 1. The monoisotopic (exact) mass is 390 g/mol. The van der Waals surface area contributed by atoms with Gasteiger partial charge in [0.15, 0.2) is 5.75 Å². The Kier molecular flexibility index (Phi) is 5.57. The lowest BCUT2D eigenvalue weighted by Gasteiger charge is -2.14. The van der Waals surface area contributed by atoms with Crippen molar-refractivity contribution in [1.29, 1.82) is 5.26 Å². The second-order valence-electron chi connectivity index (χ2n) is 5.73. The molecule has 2 N–H and O–H groups in total. The van der Waals surface area contributed by atoms with Gasteiger partial charge in [-0.3, -0.25) is 0 Å². The van der Waals surface area contributed by atoms with Gasteiger partial charge in [-0.25, -0.2) is 4.79 Å². The van der Waals surface area contributed by atoms with Crippen LogP contribution in [0.2, 0.25) is 5.02 Å². The summed E-state index contributed by atoms with van der Waals surface area (Å²) in [6.07, 6.45) is 2.19. The maximum atomic E-state index is 11.3. The highest BCUT2D eigenvalue weighted by atomic mass is 35.5. The highest BCUT2D eigenvalue weighted by Gasteiger charge is 2.27. The summed E-state index contributed by atoms with van der Waals surface area (Å²) in [4.78, 5) is 21.9. The van der Waals surface area contributed by atoms with Gasteiger partial charge in [-0.1, -0.05) is 17.7 Å². The number of anilines is 1. The molecule has 1 fully saturated rings. The fraction of sp³-hybridized carbons (Fsp3) is 0.222. The number of nitrogens with zero attached hydrogens (tertiary/aromatic N) is 1. The summed E-state index contributed by atoms with van der Waals surface area (Å²) in [6, 6.07) is 10.2. The number of nitrogens with one attached hydrogen (secondary N) is 1. The van der Waals surface area contributed by atoms with Crippen LogP contribution in [0.1, 0.15) is 40.2 Å². The van der Waals surface area contributed by atoms with E-state index in [-0.39, 0.29) is 10.6 Å². The first kappa shape index (κ1) is 18.4. The lowest BCUT2D eigenvalue weighted by atomic mass is 10.1. The van der Waals surface area contributed by atoms with Crippen LogP contribution in [-0.4, -0.2) is 18.2 Å². The first-order chi connectivity index (χ1) is 12.5. The van der Waals surface area contributed by atoms with Crippen LogP contribution in [-0.2, 0) is 4.89 Å². The summed E-state index contributed by atoms with van der Waals surface area (Å²) in [5.74, 6) is -0.195. The summed E-state index contributed by atoms with van der Waals surface area (Å²) >= 11 is 7.29. The molecule has 0 bridgehead atoms. The number of rotatable bonds is 7. The van der Waals surface area contributed by atoms with Crippen LogP contribution in [0.3, 0.4) is 0 Å². The Hall–Kier alpha value is -2.40. The fourth-order valence-corrected chi connectivity index (χ4v) is 3.59. The number of hydrogen-bond donors (Lipinski definition) is 2. The van der Waals surface area contributed by atoms with Crippen molar-refractivity contribution >= 4 is 35.2 Å². The van der Waals surface area contributed by atoms with E-state index in [0.717, 1.165) is 23.3 Å². The number of aromatic carboxylic acids is 1.